The summed E-state index contributed by atoms with van der Waals surface area (Å²) in [6.07, 6.45) is 5.17. The zero-order valence-corrected chi connectivity index (χ0v) is 26.1. The molecule has 0 aliphatic carbocycles. The molecule has 3 unspecified atom stereocenters. The lowest BCUT2D eigenvalue weighted by molar-refractivity contribution is -0.155. The van der Waals surface area contributed by atoms with E-state index in [0.29, 0.717) is 29.9 Å². The number of aliphatic imine (C=N–C) groups is 1. The number of benzene rings is 3. The summed E-state index contributed by atoms with van der Waals surface area (Å²) in [5.74, 6) is -0.128. The maximum absolute atomic E-state index is 14.0. The molecule has 1 saturated heterocycles. The minimum Gasteiger partial charge on any atom is -0.465 e. The number of amidine groups is 1. The number of esters is 2. The molecule has 0 aromatic heterocycles. The van der Waals surface area contributed by atoms with E-state index in [1.807, 2.05) is 25.1 Å². The zero-order valence-electron chi connectivity index (χ0n) is 26.1. The van der Waals surface area contributed by atoms with Gasteiger partial charge in [0.1, 0.15) is 11.8 Å². The summed E-state index contributed by atoms with van der Waals surface area (Å²) in [6.45, 7) is 8.50. The van der Waals surface area contributed by atoms with E-state index in [1.54, 1.807) is 32.0 Å². The van der Waals surface area contributed by atoms with Crippen LogP contribution in [0.25, 0.3) is 0 Å². The van der Waals surface area contributed by atoms with Crippen LogP contribution in [-0.2, 0) is 19.1 Å². The van der Waals surface area contributed by atoms with Gasteiger partial charge in [0.2, 0.25) is 0 Å². The van der Waals surface area contributed by atoms with Gasteiger partial charge in [-0.05, 0) is 49.6 Å². The molecule has 232 valence electrons. The molecule has 3 atom stereocenters. The Bertz CT molecular complexity index is 1560. The summed E-state index contributed by atoms with van der Waals surface area (Å²) in [5, 5.41) is 0. The van der Waals surface area contributed by atoms with E-state index in [4.69, 9.17) is 21.6 Å². The number of piperazine rings is 1. The number of allylic oxidation sites excluding steroid dienone is 1. The first-order valence-corrected chi connectivity index (χ1v) is 15.4. The number of rotatable bonds is 9. The Kier molecular flexibility index (Phi) is 10.1. The van der Waals surface area contributed by atoms with Crippen LogP contribution in [0, 0.1) is 18.3 Å². The van der Waals surface area contributed by atoms with Crippen LogP contribution in [0.3, 0.4) is 0 Å². The fraction of sp³-hybridized carbons (Fsp3) is 0.324. The molecule has 8 nitrogen and oxygen atoms in total. The third kappa shape index (κ3) is 7.01. The molecular weight excluding hydrogens is 564 g/mol. The number of terminal acetylenes is 1. The van der Waals surface area contributed by atoms with Gasteiger partial charge in [-0.15, -0.1) is 6.42 Å². The highest BCUT2D eigenvalue weighted by molar-refractivity contribution is 6.06. The summed E-state index contributed by atoms with van der Waals surface area (Å²) >= 11 is 0. The summed E-state index contributed by atoms with van der Waals surface area (Å²) in [7, 11) is 0. The first-order chi connectivity index (χ1) is 21.8. The van der Waals surface area contributed by atoms with Crippen molar-refractivity contribution in [2.45, 2.75) is 39.0 Å². The monoisotopic (exact) mass is 604 g/mol. The van der Waals surface area contributed by atoms with Gasteiger partial charge in [0.05, 0.1) is 23.9 Å². The molecule has 0 amide bonds. The van der Waals surface area contributed by atoms with Crippen LogP contribution in [0.4, 0.5) is 0 Å². The maximum Gasteiger partial charge on any atom is 0.338 e. The molecule has 2 heterocycles. The molecule has 0 radical (unpaired) electrons. The lowest BCUT2D eigenvalue weighted by atomic mass is 9.77. The van der Waals surface area contributed by atoms with Crippen LogP contribution in [0.5, 0.6) is 0 Å². The quantitative estimate of drug-likeness (QED) is 0.275. The molecule has 2 aliphatic rings. The predicted molar refractivity (Wildman–Crippen MR) is 175 cm³/mol. The molecule has 0 saturated carbocycles. The third-order valence-electron chi connectivity index (χ3n) is 8.56. The first kappa shape index (κ1) is 31.7. The number of hydrogen-bond donors (Lipinski definition) is 1. The Morgan fingerprint density at radius 2 is 1.56 bits per heavy atom. The highest BCUT2D eigenvalue weighted by Crippen LogP contribution is 2.40. The normalized spacial score (nSPS) is 19.8. The topological polar surface area (TPSA) is 97.5 Å². The largest absolute Gasteiger partial charge is 0.465 e. The van der Waals surface area contributed by atoms with Crippen LogP contribution in [0.2, 0.25) is 0 Å². The van der Waals surface area contributed by atoms with Gasteiger partial charge in [0.15, 0.2) is 6.23 Å². The van der Waals surface area contributed by atoms with Crippen molar-refractivity contribution in [2.75, 3.05) is 32.8 Å². The summed E-state index contributed by atoms with van der Waals surface area (Å²) in [5.41, 5.74) is 10.8. The van der Waals surface area contributed by atoms with Crippen molar-refractivity contribution < 1.29 is 19.1 Å². The Labute approximate surface area is 265 Å². The van der Waals surface area contributed by atoms with Crippen molar-refractivity contribution in [3.8, 4) is 12.3 Å². The standard InChI is InChI=1S/C37H40N4O4/c1-5-27-14-13-19-30(24-27)32-31(25(3)39-35(38)33(32)36(42)44-6-2)37(43)45-26(4)40-20-22-41(23-21-40)34(28-15-9-7-10-16-28)29-17-11-8-12-18-29/h1,7-19,24,26,32-34H,6,20-23H2,2-4H3,(H2,38,39). The Morgan fingerprint density at radius 1 is 0.956 bits per heavy atom. The summed E-state index contributed by atoms with van der Waals surface area (Å²) < 4.78 is 11.5. The summed E-state index contributed by atoms with van der Waals surface area (Å²) in [4.78, 5) is 36.2. The molecule has 1 fully saturated rings. The van der Waals surface area contributed by atoms with Gasteiger partial charge in [0, 0.05) is 37.7 Å². The number of nitrogens with two attached hydrogens (primary N) is 1. The van der Waals surface area contributed by atoms with Crippen LogP contribution in [0.15, 0.2) is 101 Å². The molecule has 2 N–H and O–H groups in total. The second-order valence-corrected chi connectivity index (χ2v) is 11.3. The smallest absolute Gasteiger partial charge is 0.338 e. The lowest BCUT2D eigenvalue weighted by Gasteiger charge is -2.41. The van der Waals surface area contributed by atoms with E-state index in [9.17, 15) is 9.59 Å². The van der Waals surface area contributed by atoms with E-state index >= 15 is 0 Å². The van der Waals surface area contributed by atoms with Crippen molar-refractivity contribution in [1.29, 1.82) is 0 Å². The Hall–Kier alpha value is -4.71. The van der Waals surface area contributed by atoms with Gasteiger partial charge < -0.3 is 15.2 Å². The van der Waals surface area contributed by atoms with Crippen LogP contribution in [0.1, 0.15) is 55.0 Å². The minimum absolute atomic E-state index is 0.0918. The molecular formula is C37H40N4O4. The van der Waals surface area contributed by atoms with E-state index in [-0.39, 0.29) is 24.1 Å². The van der Waals surface area contributed by atoms with Crippen molar-refractivity contribution in [2.24, 2.45) is 16.6 Å². The fourth-order valence-electron chi connectivity index (χ4n) is 6.37. The van der Waals surface area contributed by atoms with Crippen LogP contribution < -0.4 is 5.73 Å². The third-order valence-corrected chi connectivity index (χ3v) is 8.56. The molecule has 8 heteroatoms. The Balaban J connectivity index is 1.34. The fourth-order valence-corrected chi connectivity index (χ4v) is 6.37. The zero-order chi connectivity index (χ0) is 31.9. The highest BCUT2D eigenvalue weighted by Gasteiger charge is 2.44. The van der Waals surface area contributed by atoms with Gasteiger partial charge in [-0.2, -0.15) is 0 Å². The van der Waals surface area contributed by atoms with Crippen LogP contribution >= 0.6 is 0 Å². The van der Waals surface area contributed by atoms with Gasteiger partial charge in [-0.3, -0.25) is 14.6 Å². The second-order valence-electron chi connectivity index (χ2n) is 11.3. The van der Waals surface area contributed by atoms with Gasteiger partial charge in [0.25, 0.3) is 0 Å². The van der Waals surface area contributed by atoms with Crippen LogP contribution in [-0.4, -0.2) is 66.6 Å². The predicted octanol–water partition coefficient (Wildman–Crippen LogP) is 4.87. The average Bonchev–Trinajstić information content (AvgIpc) is 3.06. The molecule has 5 rings (SSSR count). The molecule has 0 bridgehead atoms. The molecule has 3 aromatic carbocycles. The number of carbonyl (C=O) groups excluding carboxylic acids is 2. The molecule has 2 aliphatic heterocycles. The van der Waals surface area contributed by atoms with Gasteiger partial charge >= 0.3 is 11.9 Å². The Morgan fingerprint density at radius 3 is 2.13 bits per heavy atom. The number of carbonyl (C=O) groups is 2. The maximum atomic E-state index is 14.0. The van der Waals surface area contributed by atoms with Crippen molar-refractivity contribution in [3.63, 3.8) is 0 Å². The molecule has 3 aromatic rings. The minimum atomic E-state index is -0.990. The molecule has 45 heavy (non-hydrogen) atoms. The van der Waals surface area contributed by atoms with Crippen molar-refractivity contribution in [3.05, 3.63) is 118 Å². The second kappa shape index (κ2) is 14.4. The highest BCUT2D eigenvalue weighted by atomic mass is 16.6. The summed E-state index contributed by atoms with van der Waals surface area (Å²) in [6, 6.07) is 28.4. The number of ether oxygens (including phenoxy) is 2. The van der Waals surface area contributed by atoms with Gasteiger partial charge in [-0.25, -0.2) is 9.79 Å². The van der Waals surface area contributed by atoms with Crippen molar-refractivity contribution >= 4 is 17.8 Å². The lowest BCUT2D eigenvalue weighted by Crippen LogP contribution is -2.51. The van der Waals surface area contributed by atoms with E-state index < -0.39 is 30.0 Å². The molecule has 0 spiro atoms. The van der Waals surface area contributed by atoms with Crippen molar-refractivity contribution in [1.82, 2.24) is 9.80 Å². The van der Waals surface area contributed by atoms with E-state index in [1.165, 1.54) is 11.1 Å². The van der Waals surface area contributed by atoms with E-state index in [2.05, 4.69) is 69.2 Å². The number of hydrogen-bond acceptors (Lipinski definition) is 8. The van der Waals surface area contributed by atoms with E-state index in [0.717, 1.165) is 13.1 Å². The first-order valence-electron chi connectivity index (χ1n) is 15.4. The SMILES string of the molecule is C#Cc1cccc(C2C(C(=O)OC(C)N3CCN(C(c4ccccc4)c4ccccc4)CC3)=C(C)N=C(N)C2C(=O)OCC)c1. The number of nitrogens with zero attached hydrogens (tertiary/aromatic N) is 3. The average molecular weight is 605 g/mol. The van der Waals surface area contributed by atoms with Gasteiger partial charge in [-0.1, -0.05) is 78.7 Å².